The first-order chi connectivity index (χ1) is 9.25. The molecule has 2 N–H and O–H groups in total. The summed E-state index contributed by atoms with van der Waals surface area (Å²) in [6.07, 6.45) is 1.99. The van der Waals surface area contributed by atoms with Crippen LogP contribution in [-0.4, -0.2) is 18.5 Å². The fourth-order valence-electron chi connectivity index (χ4n) is 2.59. The van der Waals surface area contributed by atoms with Gasteiger partial charge in [-0.05, 0) is 32.4 Å². The van der Waals surface area contributed by atoms with Crippen molar-refractivity contribution in [3.05, 3.63) is 35.6 Å². The van der Waals surface area contributed by atoms with E-state index in [9.17, 15) is 4.79 Å². The monoisotopic (exact) mass is 294 g/mol. The molecule has 1 aliphatic rings. The summed E-state index contributed by atoms with van der Waals surface area (Å²) in [6.45, 7) is 3.42. The summed E-state index contributed by atoms with van der Waals surface area (Å²) in [4.78, 5) is 11.9. The second-order valence-corrected chi connectivity index (χ2v) is 5.01. The number of halogens is 1. The number of furan rings is 1. The smallest absolute Gasteiger partial charge is 0.237 e. The first-order valence-corrected chi connectivity index (χ1v) is 6.74. The standard InChI is InChI=1S/C15H18N2O2.ClH/c1-10-11-5-2-3-7-13(11)19-14(10)9-17-15(18)12-6-4-8-16-12;/h2-3,5,7,12,16H,4,6,8-9H2,1H3,(H,17,18);1H. The lowest BCUT2D eigenvalue weighted by atomic mass is 10.1. The minimum Gasteiger partial charge on any atom is -0.459 e. The van der Waals surface area contributed by atoms with Gasteiger partial charge in [0, 0.05) is 10.9 Å². The number of fused-ring (bicyclic) bond motifs is 1. The summed E-state index contributed by atoms with van der Waals surface area (Å²) in [5, 5.41) is 7.26. The third kappa shape index (κ3) is 2.81. The van der Waals surface area contributed by atoms with Crippen LogP contribution in [0.5, 0.6) is 0 Å². The largest absolute Gasteiger partial charge is 0.459 e. The summed E-state index contributed by atoms with van der Waals surface area (Å²) < 4.78 is 5.78. The second-order valence-electron chi connectivity index (χ2n) is 5.01. The fourth-order valence-corrected chi connectivity index (χ4v) is 2.59. The highest BCUT2D eigenvalue weighted by Gasteiger charge is 2.22. The number of nitrogens with one attached hydrogen (secondary N) is 2. The van der Waals surface area contributed by atoms with Crippen molar-refractivity contribution in [3.63, 3.8) is 0 Å². The van der Waals surface area contributed by atoms with E-state index in [2.05, 4.69) is 10.6 Å². The minimum atomic E-state index is -0.0373. The van der Waals surface area contributed by atoms with Crippen molar-refractivity contribution in [2.75, 3.05) is 6.54 Å². The Hall–Kier alpha value is -1.52. The SMILES string of the molecule is Cc1c(CNC(=O)C2CCCN2)oc2ccccc12.Cl. The van der Waals surface area contributed by atoms with Gasteiger partial charge in [0.15, 0.2) is 0 Å². The van der Waals surface area contributed by atoms with Gasteiger partial charge >= 0.3 is 0 Å². The van der Waals surface area contributed by atoms with E-state index in [0.29, 0.717) is 6.54 Å². The van der Waals surface area contributed by atoms with Gasteiger partial charge in [-0.15, -0.1) is 12.4 Å². The molecule has 20 heavy (non-hydrogen) atoms. The van der Waals surface area contributed by atoms with Crippen molar-refractivity contribution in [2.24, 2.45) is 0 Å². The highest BCUT2D eigenvalue weighted by molar-refractivity contribution is 5.85. The van der Waals surface area contributed by atoms with Gasteiger partial charge in [0.25, 0.3) is 0 Å². The van der Waals surface area contributed by atoms with Gasteiger partial charge in [0.1, 0.15) is 11.3 Å². The van der Waals surface area contributed by atoms with Crippen LogP contribution in [0.25, 0.3) is 11.0 Å². The molecule has 1 aliphatic heterocycles. The Balaban J connectivity index is 0.00000147. The van der Waals surface area contributed by atoms with Crippen LogP contribution in [0, 0.1) is 6.92 Å². The molecule has 5 heteroatoms. The third-order valence-corrected chi connectivity index (χ3v) is 3.74. The van der Waals surface area contributed by atoms with Crippen molar-refractivity contribution in [1.82, 2.24) is 10.6 Å². The van der Waals surface area contributed by atoms with Crippen LogP contribution < -0.4 is 10.6 Å². The maximum atomic E-state index is 11.9. The molecule has 1 aromatic heterocycles. The molecule has 1 atom stereocenters. The number of amides is 1. The second kappa shape index (κ2) is 6.29. The molecular weight excluding hydrogens is 276 g/mol. The summed E-state index contributed by atoms with van der Waals surface area (Å²) in [7, 11) is 0. The molecule has 4 nitrogen and oxygen atoms in total. The van der Waals surface area contributed by atoms with Crippen LogP contribution in [0.1, 0.15) is 24.2 Å². The first-order valence-electron chi connectivity index (χ1n) is 6.74. The number of carbonyl (C=O) groups is 1. The summed E-state index contributed by atoms with van der Waals surface area (Å²) in [5.74, 6) is 0.907. The van der Waals surface area contributed by atoms with E-state index in [-0.39, 0.29) is 24.4 Å². The zero-order valence-corrected chi connectivity index (χ0v) is 12.3. The van der Waals surface area contributed by atoms with Crippen LogP contribution >= 0.6 is 12.4 Å². The molecule has 1 aromatic carbocycles. The van der Waals surface area contributed by atoms with Gasteiger partial charge in [-0.3, -0.25) is 4.79 Å². The molecule has 0 aliphatic carbocycles. The Morgan fingerprint density at radius 3 is 2.95 bits per heavy atom. The quantitative estimate of drug-likeness (QED) is 0.915. The minimum absolute atomic E-state index is 0. The molecule has 1 saturated heterocycles. The van der Waals surface area contributed by atoms with Crippen LogP contribution in [0.15, 0.2) is 28.7 Å². The number of aryl methyl sites for hydroxylation is 1. The molecule has 108 valence electrons. The van der Waals surface area contributed by atoms with Gasteiger partial charge in [0.05, 0.1) is 12.6 Å². The van der Waals surface area contributed by atoms with Gasteiger partial charge in [0.2, 0.25) is 5.91 Å². The number of hydrogen-bond donors (Lipinski definition) is 2. The van der Waals surface area contributed by atoms with E-state index in [1.54, 1.807) is 0 Å². The average molecular weight is 295 g/mol. The summed E-state index contributed by atoms with van der Waals surface area (Å²) >= 11 is 0. The van der Waals surface area contributed by atoms with Crippen molar-refractivity contribution in [3.8, 4) is 0 Å². The van der Waals surface area contributed by atoms with Crippen LogP contribution in [0.3, 0.4) is 0 Å². The molecular formula is C15H19ClN2O2. The molecule has 3 rings (SSSR count). The number of rotatable bonds is 3. The van der Waals surface area contributed by atoms with E-state index in [4.69, 9.17) is 4.42 Å². The Labute approximate surface area is 124 Å². The fraction of sp³-hybridized carbons (Fsp3) is 0.400. The zero-order chi connectivity index (χ0) is 13.2. The average Bonchev–Trinajstić information content (AvgIpc) is 3.05. The number of benzene rings is 1. The molecule has 1 amide bonds. The Morgan fingerprint density at radius 2 is 2.25 bits per heavy atom. The Morgan fingerprint density at radius 1 is 1.45 bits per heavy atom. The van der Waals surface area contributed by atoms with E-state index < -0.39 is 0 Å². The molecule has 1 unspecified atom stereocenters. The first kappa shape index (κ1) is 14.9. The van der Waals surface area contributed by atoms with Gasteiger partial charge in [-0.2, -0.15) is 0 Å². The van der Waals surface area contributed by atoms with E-state index in [0.717, 1.165) is 41.7 Å². The summed E-state index contributed by atoms with van der Waals surface area (Å²) in [5.41, 5.74) is 1.98. The lowest BCUT2D eigenvalue weighted by molar-refractivity contribution is -0.123. The van der Waals surface area contributed by atoms with Crippen LogP contribution in [-0.2, 0) is 11.3 Å². The van der Waals surface area contributed by atoms with Crippen molar-refractivity contribution in [2.45, 2.75) is 32.4 Å². The van der Waals surface area contributed by atoms with Gasteiger partial charge in [-0.25, -0.2) is 0 Å². The number of para-hydroxylation sites is 1. The molecule has 0 saturated carbocycles. The maximum absolute atomic E-state index is 11.9. The number of carbonyl (C=O) groups excluding carboxylic acids is 1. The molecule has 2 aromatic rings. The zero-order valence-electron chi connectivity index (χ0n) is 11.4. The maximum Gasteiger partial charge on any atom is 0.237 e. The number of hydrogen-bond acceptors (Lipinski definition) is 3. The highest BCUT2D eigenvalue weighted by Crippen LogP contribution is 2.24. The van der Waals surface area contributed by atoms with Gasteiger partial charge < -0.3 is 15.1 Å². The van der Waals surface area contributed by atoms with E-state index in [1.807, 2.05) is 31.2 Å². The normalized spacial score (nSPS) is 17.9. The van der Waals surface area contributed by atoms with E-state index >= 15 is 0 Å². The predicted molar refractivity (Wildman–Crippen MR) is 81.1 cm³/mol. The lowest BCUT2D eigenvalue weighted by Gasteiger charge is -2.10. The van der Waals surface area contributed by atoms with Crippen molar-refractivity contribution in [1.29, 1.82) is 0 Å². The molecule has 1 fully saturated rings. The third-order valence-electron chi connectivity index (χ3n) is 3.74. The van der Waals surface area contributed by atoms with Crippen LogP contribution in [0.2, 0.25) is 0 Å². The highest BCUT2D eigenvalue weighted by atomic mass is 35.5. The van der Waals surface area contributed by atoms with E-state index in [1.165, 1.54) is 0 Å². The molecule has 0 bridgehead atoms. The summed E-state index contributed by atoms with van der Waals surface area (Å²) in [6, 6.07) is 7.90. The van der Waals surface area contributed by atoms with Gasteiger partial charge in [-0.1, -0.05) is 18.2 Å². The predicted octanol–water partition coefficient (Wildman–Crippen LogP) is 2.53. The topological polar surface area (TPSA) is 54.3 Å². The molecule has 0 radical (unpaired) electrons. The Bertz CT molecular complexity index is 603. The molecule has 2 heterocycles. The van der Waals surface area contributed by atoms with Crippen molar-refractivity contribution < 1.29 is 9.21 Å². The Kier molecular flexibility index (Phi) is 4.68. The molecule has 0 spiro atoms. The van der Waals surface area contributed by atoms with Crippen LogP contribution in [0.4, 0.5) is 0 Å². The lowest BCUT2D eigenvalue weighted by Crippen LogP contribution is -2.40. The van der Waals surface area contributed by atoms with Crippen molar-refractivity contribution >= 4 is 29.3 Å².